The topological polar surface area (TPSA) is 59.1 Å². The third kappa shape index (κ3) is 5.25. The number of ether oxygens (including phenoxy) is 2. The maximum absolute atomic E-state index is 12.7. The number of amides is 2. The molecule has 0 radical (unpaired) electrons. The van der Waals surface area contributed by atoms with Gasteiger partial charge in [0, 0.05) is 26.2 Å². The van der Waals surface area contributed by atoms with Crippen molar-refractivity contribution in [1.29, 1.82) is 0 Å². The van der Waals surface area contributed by atoms with E-state index in [1.54, 1.807) is 11.0 Å². The predicted molar refractivity (Wildman–Crippen MR) is 107 cm³/mol. The highest BCUT2D eigenvalue weighted by Gasteiger charge is 2.27. The van der Waals surface area contributed by atoms with Crippen LogP contribution in [0.4, 0.5) is 8.78 Å². The molecule has 30 heavy (non-hydrogen) atoms. The Morgan fingerprint density at radius 1 is 0.967 bits per heavy atom. The Hall–Kier alpha value is -3.16. The Morgan fingerprint density at radius 3 is 2.33 bits per heavy atom. The number of carbonyl (C=O) groups excluding carboxylic acids is 2. The summed E-state index contributed by atoms with van der Waals surface area (Å²) in [5.74, 6) is -0.0415. The van der Waals surface area contributed by atoms with Crippen molar-refractivity contribution >= 4 is 11.8 Å². The van der Waals surface area contributed by atoms with Gasteiger partial charge in [-0.2, -0.15) is 8.78 Å². The molecule has 2 aromatic carbocycles. The molecule has 160 valence electrons. The van der Waals surface area contributed by atoms with Gasteiger partial charge in [-0.3, -0.25) is 9.59 Å². The second-order valence-corrected chi connectivity index (χ2v) is 7.11. The number of halogens is 2. The first-order valence-corrected chi connectivity index (χ1v) is 9.66. The van der Waals surface area contributed by atoms with Gasteiger partial charge >= 0.3 is 6.61 Å². The molecular formula is C22H24F2N2O4. The number of nitrogens with zero attached hydrogens (tertiary/aromatic N) is 2. The standard InChI is InChI=1S/C22H24F2N2O4/c1-15-7-8-16(2)19(13-15)29-14-20(27)25-9-11-26(12-10-25)21(28)17-5-3-4-6-18(17)30-22(23)24/h3-8,13,22H,9-12,14H2,1-2H3. The van der Waals surface area contributed by atoms with Gasteiger partial charge in [0.2, 0.25) is 0 Å². The number of aryl methyl sites for hydroxylation is 2. The van der Waals surface area contributed by atoms with E-state index in [0.29, 0.717) is 31.9 Å². The molecule has 0 saturated carbocycles. The largest absolute Gasteiger partial charge is 0.483 e. The summed E-state index contributed by atoms with van der Waals surface area (Å²) in [6.07, 6.45) is 0. The molecule has 1 fully saturated rings. The van der Waals surface area contributed by atoms with E-state index < -0.39 is 12.5 Å². The van der Waals surface area contributed by atoms with E-state index in [-0.39, 0.29) is 23.8 Å². The lowest BCUT2D eigenvalue weighted by Crippen LogP contribution is -2.51. The van der Waals surface area contributed by atoms with Crippen LogP contribution in [0.1, 0.15) is 21.5 Å². The van der Waals surface area contributed by atoms with Crippen LogP contribution in [0.15, 0.2) is 42.5 Å². The van der Waals surface area contributed by atoms with Crippen molar-refractivity contribution in [2.45, 2.75) is 20.5 Å². The van der Waals surface area contributed by atoms with Gasteiger partial charge in [-0.05, 0) is 43.2 Å². The summed E-state index contributed by atoms with van der Waals surface area (Å²) in [7, 11) is 0. The van der Waals surface area contributed by atoms with Crippen LogP contribution in [-0.4, -0.2) is 61.0 Å². The zero-order valence-electron chi connectivity index (χ0n) is 16.9. The average Bonchev–Trinajstić information content (AvgIpc) is 2.74. The zero-order chi connectivity index (χ0) is 21.7. The van der Waals surface area contributed by atoms with E-state index in [0.717, 1.165) is 11.1 Å². The van der Waals surface area contributed by atoms with Gasteiger partial charge in [0.1, 0.15) is 11.5 Å². The Bertz CT molecular complexity index is 912. The number of piperazine rings is 1. The highest BCUT2D eigenvalue weighted by atomic mass is 19.3. The van der Waals surface area contributed by atoms with Crippen molar-refractivity contribution in [3.63, 3.8) is 0 Å². The normalized spacial score (nSPS) is 14.0. The molecule has 8 heteroatoms. The molecule has 0 spiro atoms. The van der Waals surface area contributed by atoms with Crippen LogP contribution >= 0.6 is 0 Å². The Balaban J connectivity index is 1.55. The van der Waals surface area contributed by atoms with Gasteiger partial charge in [0.05, 0.1) is 5.56 Å². The summed E-state index contributed by atoms with van der Waals surface area (Å²) in [6.45, 7) is 2.08. The molecule has 0 aromatic heterocycles. The smallest absolute Gasteiger partial charge is 0.387 e. The van der Waals surface area contributed by atoms with Gasteiger partial charge in [0.15, 0.2) is 6.61 Å². The molecule has 1 heterocycles. The molecule has 3 rings (SSSR count). The molecule has 0 bridgehead atoms. The number of hydrogen-bond acceptors (Lipinski definition) is 4. The monoisotopic (exact) mass is 418 g/mol. The molecule has 1 saturated heterocycles. The van der Waals surface area contributed by atoms with Gasteiger partial charge in [0.25, 0.3) is 11.8 Å². The lowest BCUT2D eigenvalue weighted by molar-refractivity contribution is -0.134. The summed E-state index contributed by atoms with van der Waals surface area (Å²) in [5, 5.41) is 0. The Morgan fingerprint density at radius 2 is 1.63 bits per heavy atom. The fraction of sp³-hybridized carbons (Fsp3) is 0.364. The molecule has 0 unspecified atom stereocenters. The maximum Gasteiger partial charge on any atom is 0.387 e. The van der Waals surface area contributed by atoms with Gasteiger partial charge in [-0.1, -0.05) is 24.3 Å². The fourth-order valence-electron chi connectivity index (χ4n) is 3.26. The SMILES string of the molecule is Cc1ccc(C)c(OCC(=O)N2CCN(C(=O)c3ccccc3OC(F)F)CC2)c1. The first-order chi connectivity index (χ1) is 14.3. The highest BCUT2D eigenvalue weighted by molar-refractivity contribution is 5.97. The molecule has 2 amide bonds. The first-order valence-electron chi connectivity index (χ1n) is 9.66. The predicted octanol–water partition coefficient (Wildman–Crippen LogP) is 3.27. The molecule has 1 aliphatic rings. The molecular weight excluding hydrogens is 394 g/mol. The van der Waals surface area contributed by atoms with Crippen LogP contribution in [0, 0.1) is 13.8 Å². The summed E-state index contributed by atoms with van der Waals surface area (Å²) in [6, 6.07) is 11.7. The zero-order valence-corrected chi connectivity index (χ0v) is 16.9. The minimum Gasteiger partial charge on any atom is -0.483 e. The van der Waals surface area contributed by atoms with Gasteiger partial charge < -0.3 is 19.3 Å². The Kier molecular flexibility index (Phi) is 6.87. The van der Waals surface area contributed by atoms with Crippen LogP contribution in [0.5, 0.6) is 11.5 Å². The first kappa shape index (κ1) is 21.5. The number of benzene rings is 2. The van der Waals surface area contributed by atoms with Crippen LogP contribution in [0.25, 0.3) is 0 Å². The summed E-state index contributed by atoms with van der Waals surface area (Å²) in [5.41, 5.74) is 2.08. The lowest BCUT2D eigenvalue weighted by Gasteiger charge is -2.35. The van der Waals surface area contributed by atoms with Crippen LogP contribution in [0.3, 0.4) is 0 Å². The Labute approximate surface area is 174 Å². The highest BCUT2D eigenvalue weighted by Crippen LogP contribution is 2.23. The van der Waals surface area contributed by atoms with E-state index in [4.69, 9.17) is 4.74 Å². The van der Waals surface area contributed by atoms with E-state index in [2.05, 4.69) is 4.74 Å². The maximum atomic E-state index is 12.7. The van der Waals surface area contributed by atoms with Crippen LogP contribution in [-0.2, 0) is 4.79 Å². The van der Waals surface area contributed by atoms with Crippen molar-refractivity contribution in [2.24, 2.45) is 0 Å². The average molecular weight is 418 g/mol. The van der Waals surface area contributed by atoms with Crippen molar-refractivity contribution < 1.29 is 27.8 Å². The number of rotatable bonds is 6. The van der Waals surface area contributed by atoms with E-state index >= 15 is 0 Å². The van der Waals surface area contributed by atoms with E-state index in [9.17, 15) is 18.4 Å². The summed E-state index contributed by atoms with van der Waals surface area (Å²) in [4.78, 5) is 28.4. The molecule has 0 aliphatic carbocycles. The number of hydrogen-bond donors (Lipinski definition) is 0. The van der Waals surface area contributed by atoms with Crippen molar-refractivity contribution in [3.8, 4) is 11.5 Å². The number of para-hydroxylation sites is 1. The molecule has 0 atom stereocenters. The van der Waals surface area contributed by atoms with E-state index in [1.807, 2.05) is 32.0 Å². The number of carbonyl (C=O) groups is 2. The molecule has 1 aliphatic heterocycles. The molecule has 2 aromatic rings. The molecule has 0 N–H and O–H groups in total. The van der Waals surface area contributed by atoms with Gasteiger partial charge in [-0.15, -0.1) is 0 Å². The quantitative estimate of drug-likeness (QED) is 0.723. The minimum absolute atomic E-state index is 0.0795. The second-order valence-electron chi connectivity index (χ2n) is 7.11. The summed E-state index contributed by atoms with van der Waals surface area (Å²) < 4.78 is 35.3. The van der Waals surface area contributed by atoms with Crippen molar-refractivity contribution in [1.82, 2.24) is 9.80 Å². The fourth-order valence-corrected chi connectivity index (χ4v) is 3.26. The number of alkyl halides is 2. The third-order valence-electron chi connectivity index (χ3n) is 4.95. The van der Waals surface area contributed by atoms with E-state index in [1.165, 1.54) is 23.1 Å². The van der Waals surface area contributed by atoms with Crippen LogP contribution in [0.2, 0.25) is 0 Å². The lowest BCUT2D eigenvalue weighted by atomic mass is 10.1. The van der Waals surface area contributed by atoms with Crippen molar-refractivity contribution in [3.05, 3.63) is 59.2 Å². The van der Waals surface area contributed by atoms with Crippen molar-refractivity contribution in [2.75, 3.05) is 32.8 Å². The van der Waals surface area contributed by atoms with Gasteiger partial charge in [-0.25, -0.2) is 0 Å². The van der Waals surface area contributed by atoms with Crippen LogP contribution < -0.4 is 9.47 Å². The summed E-state index contributed by atoms with van der Waals surface area (Å²) >= 11 is 0. The molecule has 6 nitrogen and oxygen atoms in total. The third-order valence-corrected chi connectivity index (χ3v) is 4.95. The second kappa shape index (κ2) is 9.56. The minimum atomic E-state index is -3.01.